The van der Waals surface area contributed by atoms with Crippen molar-refractivity contribution >= 4 is 16.9 Å². The van der Waals surface area contributed by atoms with Crippen molar-refractivity contribution in [1.82, 2.24) is 4.90 Å². The lowest BCUT2D eigenvalue weighted by atomic mass is 9.98. The average molecular weight is 273 g/mol. The molecule has 4 nitrogen and oxygen atoms in total. The third kappa shape index (κ3) is 2.70. The van der Waals surface area contributed by atoms with Gasteiger partial charge < -0.3 is 14.1 Å². The minimum absolute atomic E-state index is 0.247. The van der Waals surface area contributed by atoms with Gasteiger partial charge in [-0.2, -0.15) is 0 Å². The normalized spacial score (nSPS) is 19.1. The van der Waals surface area contributed by atoms with Crippen molar-refractivity contribution in [2.75, 3.05) is 26.8 Å². The van der Waals surface area contributed by atoms with Crippen molar-refractivity contribution in [3.05, 3.63) is 36.1 Å². The van der Waals surface area contributed by atoms with Gasteiger partial charge >= 0.3 is 0 Å². The Morgan fingerprint density at radius 3 is 3.15 bits per heavy atom. The van der Waals surface area contributed by atoms with E-state index in [2.05, 4.69) is 12.1 Å². The Labute approximate surface area is 118 Å². The Kier molecular flexibility index (Phi) is 3.74. The Hall–Kier alpha value is -1.81. The SMILES string of the molecule is COCCN1CC(Cc2ccc3occc3c2)CC1=O. The van der Waals surface area contributed by atoms with Gasteiger partial charge in [-0.1, -0.05) is 6.07 Å². The third-order valence-electron chi connectivity index (χ3n) is 3.90. The molecule has 0 bridgehead atoms. The zero-order valence-electron chi connectivity index (χ0n) is 11.7. The van der Waals surface area contributed by atoms with Gasteiger partial charge in [0, 0.05) is 32.0 Å². The summed E-state index contributed by atoms with van der Waals surface area (Å²) in [5.74, 6) is 0.653. The van der Waals surface area contributed by atoms with E-state index in [1.54, 1.807) is 13.4 Å². The maximum absolute atomic E-state index is 11.9. The van der Waals surface area contributed by atoms with Crippen LogP contribution in [0, 0.1) is 5.92 Å². The maximum atomic E-state index is 11.9. The first-order chi connectivity index (χ1) is 9.76. The van der Waals surface area contributed by atoms with E-state index in [1.807, 2.05) is 17.0 Å². The van der Waals surface area contributed by atoms with E-state index in [0.717, 1.165) is 23.9 Å². The number of hydrogen-bond acceptors (Lipinski definition) is 3. The van der Waals surface area contributed by atoms with E-state index >= 15 is 0 Å². The summed E-state index contributed by atoms with van der Waals surface area (Å²) in [5, 5.41) is 1.13. The number of methoxy groups -OCH3 is 1. The van der Waals surface area contributed by atoms with E-state index in [4.69, 9.17) is 9.15 Å². The van der Waals surface area contributed by atoms with Crippen LogP contribution in [0.25, 0.3) is 11.0 Å². The molecule has 106 valence electrons. The number of amides is 1. The fourth-order valence-electron chi connectivity index (χ4n) is 2.88. The largest absolute Gasteiger partial charge is 0.464 e. The summed E-state index contributed by atoms with van der Waals surface area (Å²) in [6.07, 6.45) is 3.30. The summed E-state index contributed by atoms with van der Waals surface area (Å²) in [6, 6.07) is 8.23. The molecule has 1 aliphatic heterocycles. The summed E-state index contributed by atoms with van der Waals surface area (Å²) < 4.78 is 10.4. The van der Waals surface area contributed by atoms with Gasteiger partial charge in [0.1, 0.15) is 5.58 Å². The molecular weight excluding hydrogens is 254 g/mol. The first-order valence-electron chi connectivity index (χ1n) is 6.99. The van der Waals surface area contributed by atoms with Crippen LogP contribution < -0.4 is 0 Å². The van der Waals surface area contributed by atoms with Crippen molar-refractivity contribution in [1.29, 1.82) is 0 Å². The minimum Gasteiger partial charge on any atom is -0.464 e. The van der Waals surface area contributed by atoms with Crippen LogP contribution in [-0.2, 0) is 16.0 Å². The molecule has 1 aromatic carbocycles. The third-order valence-corrected chi connectivity index (χ3v) is 3.90. The molecule has 1 saturated heterocycles. The molecule has 2 aromatic rings. The number of fused-ring (bicyclic) bond motifs is 1. The van der Waals surface area contributed by atoms with E-state index < -0.39 is 0 Å². The smallest absolute Gasteiger partial charge is 0.223 e. The van der Waals surface area contributed by atoms with Gasteiger partial charge in [-0.15, -0.1) is 0 Å². The van der Waals surface area contributed by atoms with Crippen LogP contribution in [0.1, 0.15) is 12.0 Å². The Morgan fingerprint density at radius 1 is 1.40 bits per heavy atom. The highest BCUT2D eigenvalue weighted by Crippen LogP contribution is 2.24. The van der Waals surface area contributed by atoms with Gasteiger partial charge in [-0.3, -0.25) is 4.79 Å². The van der Waals surface area contributed by atoms with E-state index in [-0.39, 0.29) is 5.91 Å². The number of rotatable bonds is 5. The van der Waals surface area contributed by atoms with Crippen molar-refractivity contribution in [3.8, 4) is 0 Å². The lowest BCUT2D eigenvalue weighted by Gasteiger charge is -2.15. The van der Waals surface area contributed by atoms with Crippen LogP contribution >= 0.6 is 0 Å². The first-order valence-corrected chi connectivity index (χ1v) is 6.99. The number of ether oxygens (including phenoxy) is 1. The van der Waals surface area contributed by atoms with Gasteiger partial charge in [0.15, 0.2) is 0 Å². The predicted octanol–water partition coefficient (Wildman–Crippen LogP) is 2.47. The fraction of sp³-hybridized carbons (Fsp3) is 0.438. The zero-order valence-corrected chi connectivity index (χ0v) is 11.7. The monoisotopic (exact) mass is 273 g/mol. The lowest BCUT2D eigenvalue weighted by Crippen LogP contribution is -2.28. The quantitative estimate of drug-likeness (QED) is 0.840. The molecule has 1 aliphatic rings. The Bertz CT molecular complexity index is 605. The molecule has 4 heteroatoms. The van der Waals surface area contributed by atoms with Crippen molar-refractivity contribution in [2.45, 2.75) is 12.8 Å². The van der Waals surface area contributed by atoms with Crippen LogP contribution in [0.4, 0.5) is 0 Å². The van der Waals surface area contributed by atoms with Crippen LogP contribution in [0.5, 0.6) is 0 Å². The standard InChI is InChI=1S/C16H19NO3/c1-19-7-5-17-11-13(10-16(17)18)8-12-2-3-15-14(9-12)4-6-20-15/h2-4,6,9,13H,5,7-8,10-11H2,1H3. The highest BCUT2D eigenvalue weighted by Gasteiger charge is 2.29. The topological polar surface area (TPSA) is 42.7 Å². The van der Waals surface area contributed by atoms with Gasteiger partial charge in [0.05, 0.1) is 12.9 Å². The number of benzene rings is 1. The summed E-state index contributed by atoms with van der Waals surface area (Å²) >= 11 is 0. The van der Waals surface area contributed by atoms with Crippen LogP contribution in [0.15, 0.2) is 34.9 Å². The molecule has 1 atom stereocenters. The van der Waals surface area contributed by atoms with Crippen LogP contribution in [0.3, 0.4) is 0 Å². The highest BCUT2D eigenvalue weighted by molar-refractivity contribution is 5.79. The molecule has 1 unspecified atom stereocenters. The molecule has 20 heavy (non-hydrogen) atoms. The number of hydrogen-bond donors (Lipinski definition) is 0. The molecule has 2 heterocycles. The number of furan rings is 1. The maximum Gasteiger partial charge on any atom is 0.223 e. The molecule has 1 amide bonds. The van der Waals surface area contributed by atoms with Gasteiger partial charge in [-0.05, 0) is 36.1 Å². The minimum atomic E-state index is 0.247. The molecule has 0 radical (unpaired) electrons. The lowest BCUT2D eigenvalue weighted by molar-refractivity contribution is -0.128. The van der Waals surface area contributed by atoms with E-state index in [1.165, 1.54) is 5.56 Å². The van der Waals surface area contributed by atoms with Crippen molar-refractivity contribution < 1.29 is 13.9 Å². The molecule has 0 saturated carbocycles. The van der Waals surface area contributed by atoms with Crippen LogP contribution in [0.2, 0.25) is 0 Å². The Morgan fingerprint density at radius 2 is 2.30 bits per heavy atom. The molecule has 0 aliphatic carbocycles. The second-order valence-electron chi connectivity index (χ2n) is 5.40. The number of likely N-dealkylation sites (tertiary alicyclic amines) is 1. The number of nitrogens with zero attached hydrogens (tertiary/aromatic N) is 1. The molecule has 1 fully saturated rings. The Balaban J connectivity index is 1.64. The molecule has 1 aromatic heterocycles. The summed E-state index contributed by atoms with van der Waals surface area (Å²) in [5.41, 5.74) is 2.18. The highest BCUT2D eigenvalue weighted by atomic mass is 16.5. The predicted molar refractivity (Wildman–Crippen MR) is 76.5 cm³/mol. The molecule has 0 N–H and O–H groups in total. The van der Waals surface area contributed by atoms with E-state index in [9.17, 15) is 4.79 Å². The number of carbonyl (C=O) groups is 1. The van der Waals surface area contributed by atoms with Crippen LogP contribution in [-0.4, -0.2) is 37.6 Å². The molecular formula is C16H19NO3. The second kappa shape index (κ2) is 5.67. The fourth-order valence-corrected chi connectivity index (χ4v) is 2.88. The van der Waals surface area contributed by atoms with Gasteiger partial charge in [0.25, 0.3) is 0 Å². The molecule has 3 rings (SSSR count). The summed E-state index contributed by atoms with van der Waals surface area (Å²) in [6.45, 7) is 2.15. The van der Waals surface area contributed by atoms with Gasteiger partial charge in [0.2, 0.25) is 5.91 Å². The number of carbonyl (C=O) groups excluding carboxylic acids is 1. The summed E-state index contributed by atoms with van der Waals surface area (Å²) in [7, 11) is 1.66. The van der Waals surface area contributed by atoms with E-state index in [0.29, 0.717) is 25.5 Å². The van der Waals surface area contributed by atoms with Crippen molar-refractivity contribution in [2.24, 2.45) is 5.92 Å². The zero-order chi connectivity index (χ0) is 13.9. The average Bonchev–Trinajstić information content (AvgIpc) is 3.03. The molecule has 0 spiro atoms. The second-order valence-corrected chi connectivity index (χ2v) is 5.40. The first kappa shape index (κ1) is 13.2. The summed E-state index contributed by atoms with van der Waals surface area (Å²) in [4.78, 5) is 13.8. The van der Waals surface area contributed by atoms with Crippen molar-refractivity contribution in [3.63, 3.8) is 0 Å². The van der Waals surface area contributed by atoms with Gasteiger partial charge in [-0.25, -0.2) is 0 Å².